The van der Waals surface area contributed by atoms with Crippen molar-refractivity contribution in [3.63, 3.8) is 0 Å². The smallest absolute Gasteiger partial charge is 0.332 e. The summed E-state index contributed by atoms with van der Waals surface area (Å²) in [6.07, 6.45) is 2.96. The van der Waals surface area contributed by atoms with E-state index in [1.54, 1.807) is 31.5 Å². The first-order valence-electron chi connectivity index (χ1n) is 6.95. The number of rotatable bonds is 3. The Balaban J connectivity index is 1.82. The van der Waals surface area contributed by atoms with Crippen LogP contribution in [0.25, 0.3) is 11.4 Å². The average molecular weight is 297 g/mol. The van der Waals surface area contributed by atoms with E-state index < -0.39 is 12.0 Å². The lowest BCUT2D eigenvalue weighted by Crippen LogP contribution is -2.58. The number of hydrogen-bond donors (Lipinski definition) is 1. The van der Waals surface area contributed by atoms with Crippen LogP contribution in [0.1, 0.15) is 22.8 Å². The van der Waals surface area contributed by atoms with Gasteiger partial charge in [0.1, 0.15) is 6.10 Å². The zero-order valence-corrected chi connectivity index (χ0v) is 12.2. The SMILES string of the molecule is Cc1ccnc(-c2cc(C(=O)N[C@@H]3C(=O)O[C@@H]3C)ccn2)c1. The topological polar surface area (TPSA) is 81.2 Å². The molecule has 2 aromatic heterocycles. The van der Waals surface area contributed by atoms with Crippen LogP contribution in [0.2, 0.25) is 0 Å². The number of pyridine rings is 2. The number of hydrogen-bond acceptors (Lipinski definition) is 5. The Kier molecular flexibility index (Phi) is 3.58. The van der Waals surface area contributed by atoms with E-state index in [4.69, 9.17) is 4.74 Å². The molecule has 0 spiro atoms. The van der Waals surface area contributed by atoms with Crippen LogP contribution in [-0.4, -0.2) is 34.0 Å². The second-order valence-electron chi connectivity index (χ2n) is 5.24. The molecule has 112 valence electrons. The van der Waals surface area contributed by atoms with Crippen LogP contribution < -0.4 is 5.32 Å². The highest BCUT2D eigenvalue weighted by molar-refractivity contribution is 5.98. The van der Waals surface area contributed by atoms with E-state index in [1.165, 1.54) is 0 Å². The van der Waals surface area contributed by atoms with Gasteiger partial charge in [0.2, 0.25) is 0 Å². The third kappa shape index (κ3) is 2.67. The van der Waals surface area contributed by atoms with Crippen molar-refractivity contribution in [1.82, 2.24) is 15.3 Å². The second-order valence-corrected chi connectivity index (χ2v) is 5.24. The van der Waals surface area contributed by atoms with Gasteiger partial charge in [-0.3, -0.25) is 14.8 Å². The first-order chi connectivity index (χ1) is 10.5. The lowest BCUT2D eigenvalue weighted by Gasteiger charge is -2.32. The van der Waals surface area contributed by atoms with Crippen LogP contribution >= 0.6 is 0 Å². The predicted octanol–water partition coefficient (Wildman–Crippen LogP) is 1.50. The van der Waals surface area contributed by atoms with Crippen LogP contribution in [0.3, 0.4) is 0 Å². The molecule has 0 unspecified atom stereocenters. The summed E-state index contributed by atoms with van der Waals surface area (Å²) in [5.74, 6) is -0.736. The van der Waals surface area contributed by atoms with Gasteiger partial charge in [-0.2, -0.15) is 0 Å². The molecule has 6 nitrogen and oxygen atoms in total. The Morgan fingerprint density at radius 3 is 2.50 bits per heavy atom. The molecule has 0 radical (unpaired) electrons. The molecule has 0 aromatic carbocycles. The quantitative estimate of drug-likeness (QED) is 0.868. The molecule has 3 rings (SSSR count). The van der Waals surface area contributed by atoms with Crippen LogP contribution in [-0.2, 0) is 9.53 Å². The van der Waals surface area contributed by atoms with E-state index in [-0.39, 0.29) is 12.0 Å². The Hall–Kier alpha value is -2.76. The summed E-state index contributed by atoms with van der Waals surface area (Å²) < 4.78 is 4.82. The molecule has 0 aliphatic carbocycles. The van der Waals surface area contributed by atoms with Crippen molar-refractivity contribution in [1.29, 1.82) is 0 Å². The third-order valence-corrected chi connectivity index (χ3v) is 3.51. The maximum atomic E-state index is 12.2. The van der Waals surface area contributed by atoms with Crippen LogP contribution in [0.4, 0.5) is 0 Å². The molecule has 22 heavy (non-hydrogen) atoms. The average Bonchev–Trinajstić information content (AvgIpc) is 2.53. The number of esters is 1. The molecule has 6 heteroatoms. The minimum atomic E-state index is -0.582. The highest BCUT2D eigenvalue weighted by Crippen LogP contribution is 2.18. The lowest BCUT2D eigenvalue weighted by molar-refractivity contribution is -0.173. The van der Waals surface area contributed by atoms with Gasteiger partial charge < -0.3 is 10.1 Å². The molecule has 0 bridgehead atoms. The number of carbonyl (C=O) groups is 2. The molecule has 1 fully saturated rings. The van der Waals surface area contributed by atoms with E-state index in [1.807, 2.05) is 19.1 Å². The van der Waals surface area contributed by atoms with Crippen molar-refractivity contribution in [2.45, 2.75) is 26.0 Å². The van der Waals surface area contributed by atoms with E-state index in [9.17, 15) is 9.59 Å². The summed E-state index contributed by atoms with van der Waals surface area (Å²) in [6.45, 7) is 3.70. The highest BCUT2D eigenvalue weighted by Gasteiger charge is 2.40. The molecule has 1 aliphatic rings. The number of carbonyl (C=O) groups excluding carboxylic acids is 2. The Morgan fingerprint density at radius 1 is 1.18 bits per heavy atom. The maximum Gasteiger partial charge on any atom is 0.332 e. The third-order valence-electron chi connectivity index (χ3n) is 3.51. The van der Waals surface area contributed by atoms with Gasteiger partial charge in [-0.1, -0.05) is 0 Å². The molecule has 2 atom stereocenters. The molecular weight excluding hydrogens is 282 g/mol. The van der Waals surface area contributed by atoms with Gasteiger partial charge in [-0.15, -0.1) is 0 Å². The number of ether oxygens (including phenoxy) is 1. The summed E-state index contributed by atoms with van der Waals surface area (Å²) in [4.78, 5) is 32.0. The van der Waals surface area contributed by atoms with Crippen LogP contribution in [0, 0.1) is 6.92 Å². The zero-order chi connectivity index (χ0) is 15.7. The molecule has 2 aromatic rings. The fraction of sp³-hybridized carbons (Fsp3) is 0.250. The first kappa shape index (κ1) is 14.2. The van der Waals surface area contributed by atoms with Gasteiger partial charge in [0.05, 0.1) is 11.4 Å². The van der Waals surface area contributed by atoms with Crippen molar-refractivity contribution in [3.8, 4) is 11.4 Å². The van der Waals surface area contributed by atoms with Crippen molar-refractivity contribution in [3.05, 3.63) is 47.8 Å². The summed E-state index contributed by atoms with van der Waals surface area (Å²) in [7, 11) is 0. The number of amides is 1. The highest BCUT2D eigenvalue weighted by atomic mass is 16.6. The van der Waals surface area contributed by atoms with Gasteiger partial charge in [0, 0.05) is 18.0 Å². The normalized spacial score (nSPS) is 20.0. The second kappa shape index (κ2) is 5.55. The molecule has 1 aliphatic heterocycles. The van der Waals surface area contributed by atoms with Crippen molar-refractivity contribution in [2.24, 2.45) is 0 Å². The lowest BCUT2D eigenvalue weighted by atomic mass is 10.1. The molecule has 0 saturated carbocycles. The van der Waals surface area contributed by atoms with Gasteiger partial charge in [-0.05, 0) is 43.7 Å². The van der Waals surface area contributed by atoms with Crippen molar-refractivity contribution in [2.75, 3.05) is 0 Å². The Morgan fingerprint density at radius 2 is 1.86 bits per heavy atom. The fourth-order valence-corrected chi connectivity index (χ4v) is 2.23. The molecule has 1 amide bonds. The van der Waals surface area contributed by atoms with E-state index >= 15 is 0 Å². The number of cyclic esters (lactones) is 1. The molecule has 1 N–H and O–H groups in total. The van der Waals surface area contributed by atoms with Gasteiger partial charge in [0.25, 0.3) is 5.91 Å². The van der Waals surface area contributed by atoms with Crippen LogP contribution in [0.5, 0.6) is 0 Å². The van der Waals surface area contributed by atoms with Gasteiger partial charge in [0.15, 0.2) is 6.04 Å². The number of aromatic nitrogens is 2. The molecular formula is C16H15N3O3. The number of nitrogens with one attached hydrogen (secondary N) is 1. The Labute approximate surface area is 127 Å². The van der Waals surface area contributed by atoms with E-state index in [0.717, 1.165) is 5.56 Å². The minimum Gasteiger partial charge on any atom is -0.458 e. The minimum absolute atomic E-state index is 0.295. The van der Waals surface area contributed by atoms with Crippen LogP contribution in [0.15, 0.2) is 36.7 Å². The summed E-state index contributed by atoms with van der Waals surface area (Å²) in [5.41, 5.74) is 2.81. The van der Waals surface area contributed by atoms with Crippen molar-refractivity contribution >= 4 is 11.9 Å². The maximum absolute atomic E-state index is 12.2. The summed E-state index contributed by atoms with van der Waals surface area (Å²) in [6, 6.07) is 6.47. The standard InChI is InChI=1S/C16H15N3O3/c1-9-3-5-17-12(7-9)13-8-11(4-6-18-13)15(20)19-14-10(2)22-16(14)21/h3-8,10,14H,1-2H3,(H,19,20)/t10-,14+/m1/s1. The van der Waals surface area contributed by atoms with Crippen molar-refractivity contribution < 1.29 is 14.3 Å². The summed E-state index contributed by atoms with van der Waals surface area (Å²) in [5, 5.41) is 2.66. The zero-order valence-electron chi connectivity index (χ0n) is 12.2. The first-order valence-corrected chi connectivity index (χ1v) is 6.95. The monoisotopic (exact) mass is 297 g/mol. The van der Waals surface area contributed by atoms with E-state index in [0.29, 0.717) is 17.0 Å². The van der Waals surface area contributed by atoms with Gasteiger partial charge in [-0.25, -0.2) is 4.79 Å². The molecule has 1 saturated heterocycles. The Bertz CT molecular complexity index is 745. The number of nitrogens with zero attached hydrogens (tertiary/aromatic N) is 2. The molecule has 3 heterocycles. The van der Waals surface area contributed by atoms with Gasteiger partial charge >= 0.3 is 5.97 Å². The fourth-order valence-electron chi connectivity index (χ4n) is 2.23. The summed E-state index contributed by atoms with van der Waals surface area (Å²) >= 11 is 0. The predicted molar refractivity (Wildman–Crippen MR) is 79.0 cm³/mol. The largest absolute Gasteiger partial charge is 0.458 e. The number of aryl methyl sites for hydroxylation is 1. The van der Waals surface area contributed by atoms with E-state index in [2.05, 4.69) is 15.3 Å².